The van der Waals surface area contributed by atoms with E-state index in [1.165, 1.54) is 23.8 Å². The largest absolute Gasteiger partial charge is 0.316 e. The second kappa shape index (κ2) is 5.82. The summed E-state index contributed by atoms with van der Waals surface area (Å²) in [6, 6.07) is 10.3. The van der Waals surface area contributed by atoms with Crippen molar-refractivity contribution in [3.8, 4) is 0 Å². The number of sulfone groups is 1. The van der Waals surface area contributed by atoms with Crippen LogP contribution in [0.5, 0.6) is 0 Å². The number of hydrogen-bond acceptors (Lipinski definition) is 3. The van der Waals surface area contributed by atoms with Gasteiger partial charge in [0.25, 0.3) is 0 Å². The van der Waals surface area contributed by atoms with Crippen molar-refractivity contribution in [1.29, 1.82) is 0 Å². The average Bonchev–Trinajstić information content (AvgIpc) is 3.01. The second-order valence-corrected chi connectivity index (χ2v) is 7.62. The molecule has 0 saturated carbocycles. The summed E-state index contributed by atoms with van der Waals surface area (Å²) in [6.45, 7) is 3.85. The lowest BCUT2D eigenvalue weighted by atomic mass is 9.94. The Labute approximate surface area is 130 Å². The van der Waals surface area contributed by atoms with Crippen LogP contribution in [0.1, 0.15) is 23.5 Å². The number of nitrogens with one attached hydrogen (secondary N) is 1. The first-order valence-corrected chi connectivity index (χ1v) is 8.79. The molecule has 5 heteroatoms. The number of halogens is 1. The van der Waals surface area contributed by atoms with Crippen LogP contribution in [0.2, 0.25) is 0 Å². The highest BCUT2D eigenvalue weighted by Crippen LogP contribution is 2.29. The third-order valence-corrected chi connectivity index (χ3v) is 5.91. The fourth-order valence-corrected chi connectivity index (χ4v) is 4.34. The summed E-state index contributed by atoms with van der Waals surface area (Å²) in [5, 5.41) is 3.32. The maximum Gasteiger partial charge on any atom is 0.206 e. The lowest BCUT2D eigenvalue weighted by molar-refractivity contribution is 0.590. The Kier molecular flexibility index (Phi) is 4.02. The summed E-state index contributed by atoms with van der Waals surface area (Å²) in [4.78, 5) is 0.201. The maximum atomic E-state index is 13.3. The highest BCUT2D eigenvalue weighted by atomic mass is 32.2. The topological polar surface area (TPSA) is 46.2 Å². The van der Waals surface area contributed by atoms with E-state index in [0.717, 1.165) is 31.1 Å². The Hall–Kier alpha value is -1.72. The van der Waals surface area contributed by atoms with Crippen LogP contribution in [0.25, 0.3) is 0 Å². The summed E-state index contributed by atoms with van der Waals surface area (Å²) in [7, 11) is -3.68. The van der Waals surface area contributed by atoms with Crippen molar-refractivity contribution in [1.82, 2.24) is 5.32 Å². The van der Waals surface area contributed by atoms with Crippen LogP contribution in [0.3, 0.4) is 0 Å². The van der Waals surface area contributed by atoms with E-state index in [4.69, 9.17) is 0 Å². The third-order valence-electron chi connectivity index (χ3n) is 4.16. The van der Waals surface area contributed by atoms with Crippen molar-refractivity contribution < 1.29 is 12.8 Å². The van der Waals surface area contributed by atoms with Gasteiger partial charge in [-0.2, -0.15) is 0 Å². The van der Waals surface area contributed by atoms with Gasteiger partial charge in [-0.15, -0.1) is 0 Å². The molecule has 0 aromatic heterocycles. The summed E-state index contributed by atoms with van der Waals surface area (Å²) in [5.74, 6) is -0.114. The Morgan fingerprint density at radius 2 is 1.91 bits per heavy atom. The summed E-state index contributed by atoms with van der Waals surface area (Å²) in [5.41, 5.74) is 2.15. The number of hydrogen-bond donors (Lipinski definition) is 1. The molecule has 0 bridgehead atoms. The Morgan fingerprint density at radius 1 is 1.14 bits per heavy atom. The van der Waals surface area contributed by atoms with E-state index in [1.807, 2.05) is 13.0 Å². The highest BCUT2D eigenvalue weighted by molar-refractivity contribution is 7.91. The van der Waals surface area contributed by atoms with Crippen LogP contribution in [-0.4, -0.2) is 21.5 Å². The molecule has 0 spiro atoms. The SMILES string of the molecule is Cc1cc(S(=O)(=O)c2cccc(F)c2)ccc1[C@@H]1CCNC1. The zero-order valence-electron chi connectivity index (χ0n) is 12.3. The van der Waals surface area contributed by atoms with Gasteiger partial charge >= 0.3 is 0 Å². The van der Waals surface area contributed by atoms with E-state index in [-0.39, 0.29) is 9.79 Å². The van der Waals surface area contributed by atoms with Crippen molar-refractivity contribution in [2.45, 2.75) is 29.1 Å². The van der Waals surface area contributed by atoms with E-state index in [9.17, 15) is 12.8 Å². The zero-order chi connectivity index (χ0) is 15.7. The summed E-state index contributed by atoms with van der Waals surface area (Å²) in [6.07, 6.45) is 1.07. The van der Waals surface area contributed by atoms with Crippen molar-refractivity contribution in [3.05, 3.63) is 59.4 Å². The molecule has 1 atom stereocenters. The van der Waals surface area contributed by atoms with Gasteiger partial charge < -0.3 is 5.32 Å². The average molecular weight is 319 g/mol. The molecule has 1 aliphatic rings. The van der Waals surface area contributed by atoms with Gasteiger partial charge in [0.1, 0.15) is 5.82 Å². The molecule has 1 fully saturated rings. The lowest BCUT2D eigenvalue weighted by Crippen LogP contribution is -2.09. The predicted molar refractivity (Wildman–Crippen MR) is 83.3 cm³/mol. The van der Waals surface area contributed by atoms with Crippen molar-refractivity contribution in [2.24, 2.45) is 0 Å². The monoisotopic (exact) mass is 319 g/mol. The number of rotatable bonds is 3. The van der Waals surface area contributed by atoms with Crippen LogP contribution in [-0.2, 0) is 9.84 Å². The van der Waals surface area contributed by atoms with Gasteiger partial charge in [0, 0.05) is 6.54 Å². The molecule has 1 N–H and O–H groups in total. The van der Waals surface area contributed by atoms with Gasteiger partial charge in [0.15, 0.2) is 0 Å². The van der Waals surface area contributed by atoms with Crippen molar-refractivity contribution in [3.63, 3.8) is 0 Å². The predicted octanol–water partition coefficient (Wildman–Crippen LogP) is 3.04. The molecule has 22 heavy (non-hydrogen) atoms. The minimum Gasteiger partial charge on any atom is -0.316 e. The van der Waals surface area contributed by atoms with Crippen LogP contribution < -0.4 is 5.32 Å². The van der Waals surface area contributed by atoms with Crippen LogP contribution in [0.4, 0.5) is 4.39 Å². The molecule has 1 saturated heterocycles. The molecule has 1 heterocycles. The van der Waals surface area contributed by atoms with Gasteiger partial charge in [-0.3, -0.25) is 0 Å². The minimum absolute atomic E-state index is 0.0119. The lowest BCUT2D eigenvalue weighted by Gasteiger charge is -2.14. The molecule has 0 amide bonds. The first-order chi connectivity index (χ1) is 10.5. The fraction of sp³-hybridized carbons (Fsp3) is 0.294. The Bertz CT molecular complexity index is 796. The van der Waals surface area contributed by atoms with E-state index >= 15 is 0 Å². The van der Waals surface area contributed by atoms with E-state index < -0.39 is 15.7 Å². The smallest absolute Gasteiger partial charge is 0.206 e. The van der Waals surface area contributed by atoms with E-state index in [0.29, 0.717) is 5.92 Å². The molecule has 1 aliphatic heterocycles. The zero-order valence-corrected chi connectivity index (χ0v) is 13.2. The van der Waals surface area contributed by atoms with Gasteiger partial charge in [-0.25, -0.2) is 12.8 Å². The van der Waals surface area contributed by atoms with Crippen LogP contribution >= 0.6 is 0 Å². The van der Waals surface area contributed by atoms with Crippen molar-refractivity contribution in [2.75, 3.05) is 13.1 Å². The highest BCUT2D eigenvalue weighted by Gasteiger charge is 2.22. The maximum absolute atomic E-state index is 13.3. The van der Waals surface area contributed by atoms with Gasteiger partial charge in [-0.05, 0) is 67.3 Å². The first kappa shape index (κ1) is 15.2. The molecule has 116 valence electrons. The Balaban J connectivity index is 1.99. The molecular formula is C17H18FNO2S. The number of aryl methyl sites for hydroxylation is 1. The first-order valence-electron chi connectivity index (χ1n) is 7.30. The summed E-state index contributed by atoms with van der Waals surface area (Å²) >= 11 is 0. The van der Waals surface area contributed by atoms with Crippen molar-refractivity contribution >= 4 is 9.84 Å². The minimum atomic E-state index is -3.68. The van der Waals surface area contributed by atoms with Crippen LogP contribution in [0, 0.1) is 12.7 Å². The van der Waals surface area contributed by atoms with Gasteiger partial charge in [0.2, 0.25) is 9.84 Å². The van der Waals surface area contributed by atoms with Gasteiger partial charge in [-0.1, -0.05) is 12.1 Å². The fourth-order valence-electron chi connectivity index (χ4n) is 2.96. The standard InChI is InChI=1S/C17H18FNO2S/c1-12-9-16(5-6-17(12)13-7-8-19-11-13)22(20,21)15-4-2-3-14(18)10-15/h2-6,9-10,13,19H,7-8,11H2,1H3/t13-/m1/s1. The molecule has 0 unspecified atom stereocenters. The Morgan fingerprint density at radius 3 is 2.55 bits per heavy atom. The third kappa shape index (κ3) is 2.78. The normalized spacial score (nSPS) is 18.5. The van der Waals surface area contributed by atoms with E-state index in [2.05, 4.69) is 5.32 Å². The van der Waals surface area contributed by atoms with E-state index in [1.54, 1.807) is 12.1 Å². The quantitative estimate of drug-likeness (QED) is 0.946. The van der Waals surface area contributed by atoms with Crippen LogP contribution in [0.15, 0.2) is 52.3 Å². The summed E-state index contributed by atoms with van der Waals surface area (Å²) < 4.78 is 38.5. The number of benzene rings is 2. The molecule has 3 nitrogen and oxygen atoms in total. The molecular weight excluding hydrogens is 301 g/mol. The molecule has 0 radical (unpaired) electrons. The molecule has 2 aromatic carbocycles. The molecule has 3 rings (SSSR count). The molecule has 2 aromatic rings. The molecule has 0 aliphatic carbocycles. The second-order valence-electron chi connectivity index (χ2n) is 5.67. The van der Waals surface area contributed by atoms with Gasteiger partial charge in [0.05, 0.1) is 9.79 Å².